The third-order valence-electron chi connectivity index (χ3n) is 2.81. The number of hydrogen-bond acceptors (Lipinski definition) is 3. The highest BCUT2D eigenvalue weighted by atomic mass is 35.5. The van der Waals surface area contributed by atoms with Crippen LogP contribution in [-0.4, -0.2) is 23.4 Å². The van der Waals surface area contributed by atoms with Crippen LogP contribution in [0, 0.1) is 5.82 Å². The van der Waals surface area contributed by atoms with Crippen molar-refractivity contribution in [3.63, 3.8) is 0 Å². The average Bonchev–Trinajstić information content (AvgIpc) is 2.49. The molecule has 2 aromatic rings. The molecular weight excluding hydrogens is 309 g/mol. The third kappa shape index (κ3) is 4.30. The lowest BCUT2D eigenvalue weighted by molar-refractivity contribution is -0.144. The van der Waals surface area contributed by atoms with Gasteiger partial charge in [0, 0.05) is 6.21 Å². The van der Waals surface area contributed by atoms with Crippen LogP contribution in [0.2, 0.25) is 5.02 Å². The summed E-state index contributed by atoms with van der Waals surface area (Å²) in [5.74, 6) is -1.06. The molecule has 0 spiro atoms. The van der Waals surface area contributed by atoms with Crippen LogP contribution in [0.1, 0.15) is 12.5 Å². The Morgan fingerprint density at radius 1 is 1.32 bits per heavy atom. The lowest BCUT2D eigenvalue weighted by atomic mass is 10.2. The van der Waals surface area contributed by atoms with Crippen molar-refractivity contribution in [2.45, 2.75) is 13.0 Å². The Bertz CT molecular complexity index is 701. The van der Waals surface area contributed by atoms with Gasteiger partial charge in [0.05, 0.1) is 10.7 Å². The van der Waals surface area contributed by atoms with Gasteiger partial charge < -0.3 is 9.84 Å². The highest BCUT2D eigenvalue weighted by molar-refractivity contribution is 6.31. The molecule has 2 rings (SSSR count). The minimum absolute atomic E-state index is 0.0149. The summed E-state index contributed by atoms with van der Waals surface area (Å²) in [4.78, 5) is 14.9. The number of aliphatic carboxylic acids is 1. The molecule has 22 heavy (non-hydrogen) atoms. The van der Waals surface area contributed by atoms with Gasteiger partial charge in [-0.05, 0) is 55.0 Å². The van der Waals surface area contributed by atoms with Gasteiger partial charge in [-0.15, -0.1) is 0 Å². The second kappa shape index (κ2) is 7.04. The summed E-state index contributed by atoms with van der Waals surface area (Å²) in [7, 11) is 0. The molecule has 0 radical (unpaired) electrons. The summed E-state index contributed by atoms with van der Waals surface area (Å²) >= 11 is 5.68. The largest absolute Gasteiger partial charge is 0.479 e. The zero-order chi connectivity index (χ0) is 16.1. The minimum Gasteiger partial charge on any atom is -0.479 e. The molecule has 0 aliphatic carbocycles. The maximum atomic E-state index is 13.0. The first-order chi connectivity index (χ1) is 10.5. The summed E-state index contributed by atoms with van der Waals surface area (Å²) in [6.07, 6.45) is 0.675. The van der Waals surface area contributed by atoms with Crippen molar-refractivity contribution in [2.75, 3.05) is 0 Å². The predicted octanol–water partition coefficient (Wildman–Crippen LogP) is 4.08. The molecule has 1 atom stereocenters. The number of aliphatic imine (C=N–C) groups is 1. The molecule has 0 aromatic heterocycles. The van der Waals surface area contributed by atoms with Gasteiger partial charge in [0.25, 0.3) is 0 Å². The number of halogens is 2. The van der Waals surface area contributed by atoms with E-state index in [1.165, 1.54) is 25.1 Å². The molecular formula is C16H13ClFNO3. The van der Waals surface area contributed by atoms with Gasteiger partial charge in [-0.2, -0.15) is 0 Å². The van der Waals surface area contributed by atoms with Crippen LogP contribution in [0.5, 0.6) is 5.75 Å². The van der Waals surface area contributed by atoms with E-state index in [4.69, 9.17) is 21.4 Å². The number of ether oxygens (including phenoxy) is 1. The van der Waals surface area contributed by atoms with E-state index in [0.29, 0.717) is 11.4 Å². The van der Waals surface area contributed by atoms with E-state index in [1.807, 2.05) is 0 Å². The monoisotopic (exact) mass is 321 g/mol. The van der Waals surface area contributed by atoms with Crippen molar-refractivity contribution >= 4 is 29.5 Å². The van der Waals surface area contributed by atoms with Crippen LogP contribution in [0.4, 0.5) is 10.1 Å². The number of benzene rings is 2. The molecule has 2 aromatic carbocycles. The fraction of sp³-hybridized carbons (Fsp3) is 0.125. The van der Waals surface area contributed by atoms with Crippen molar-refractivity contribution in [1.29, 1.82) is 0 Å². The lowest BCUT2D eigenvalue weighted by Crippen LogP contribution is -2.22. The quantitative estimate of drug-likeness (QED) is 0.844. The summed E-state index contributed by atoms with van der Waals surface area (Å²) in [5.41, 5.74) is 1.32. The normalized spacial score (nSPS) is 12.3. The maximum Gasteiger partial charge on any atom is 0.344 e. The van der Waals surface area contributed by atoms with E-state index in [2.05, 4.69) is 4.99 Å². The molecule has 1 N–H and O–H groups in total. The molecule has 0 fully saturated rings. The number of carbonyl (C=O) groups is 1. The Morgan fingerprint density at radius 3 is 2.59 bits per heavy atom. The van der Waals surface area contributed by atoms with Crippen molar-refractivity contribution < 1.29 is 19.0 Å². The van der Waals surface area contributed by atoms with Gasteiger partial charge in [-0.3, -0.25) is 4.99 Å². The van der Waals surface area contributed by atoms with E-state index in [1.54, 1.807) is 30.5 Å². The SMILES string of the molecule is CC(Oc1ccc(C=Nc2ccc(F)c(Cl)c2)cc1)C(=O)O. The van der Waals surface area contributed by atoms with Gasteiger partial charge in [-0.25, -0.2) is 9.18 Å². The van der Waals surface area contributed by atoms with Gasteiger partial charge in [0.2, 0.25) is 0 Å². The Labute approximate surface area is 131 Å². The molecule has 0 aliphatic heterocycles. The van der Waals surface area contributed by atoms with Gasteiger partial charge in [0.15, 0.2) is 6.10 Å². The zero-order valence-electron chi connectivity index (χ0n) is 11.7. The fourth-order valence-electron chi connectivity index (χ4n) is 1.60. The van der Waals surface area contributed by atoms with Crippen molar-refractivity contribution in [2.24, 2.45) is 4.99 Å². The van der Waals surface area contributed by atoms with Crippen LogP contribution in [-0.2, 0) is 4.79 Å². The van der Waals surface area contributed by atoms with Crippen LogP contribution >= 0.6 is 11.6 Å². The Balaban J connectivity index is 2.05. The van der Waals surface area contributed by atoms with Crippen LogP contribution < -0.4 is 4.74 Å². The van der Waals surface area contributed by atoms with E-state index in [9.17, 15) is 9.18 Å². The molecule has 114 valence electrons. The fourth-order valence-corrected chi connectivity index (χ4v) is 1.78. The number of nitrogens with zero attached hydrogens (tertiary/aromatic N) is 1. The van der Waals surface area contributed by atoms with E-state index in [-0.39, 0.29) is 5.02 Å². The van der Waals surface area contributed by atoms with E-state index < -0.39 is 17.9 Å². The number of carboxylic acid groups (broad SMARTS) is 1. The zero-order valence-corrected chi connectivity index (χ0v) is 12.4. The van der Waals surface area contributed by atoms with E-state index >= 15 is 0 Å². The first-order valence-electron chi connectivity index (χ1n) is 6.44. The first kappa shape index (κ1) is 16.0. The molecule has 0 saturated carbocycles. The van der Waals surface area contributed by atoms with Gasteiger partial charge in [0.1, 0.15) is 11.6 Å². The summed E-state index contributed by atoms with van der Waals surface area (Å²) in [6.45, 7) is 1.45. The lowest BCUT2D eigenvalue weighted by Gasteiger charge is -2.09. The Hall–Kier alpha value is -2.40. The molecule has 0 aliphatic rings. The molecule has 0 bridgehead atoms. The second-order valence-corrected chi connectivity index (χ2v) is 4.93. The summed E-state index contributed by atoms with van der Waals surface area (Å²) in [6, 6.07) is 11.0. The molecule has 0 heterocycles. The highest BCUT2D eigenvalue weighted by Crippen LogP contribution is 2.21. The van der Waals surface area contributed by atoms with Crippen molar-refractivity contribution in [1.82, 2.24) is 0 Å². The smallest absolute Gasteiger partial charge is 0.344 e. The molecule has 6 heteroatoms. The van der Waals surface area contributed by atoms with Crippen LogP contribution in [0.25, 0.3) is 0 Å². The van der Waals surface area contributed by atoms with Crippen LogP contribution in [0.3, 0.4) is 0 Å². The topological polar surface area (TPSA) is 58.9 Å². The second-order valence-electron chi connectivity index (χ2n) is 4.52. The summed E-state index contributed by atoms with van der Waals surface area (Å²) < 4.78 is 18.2. The average molecular weight is 322 g/mol. The number of rotatable bonds is 5. The van der Waals surface area contributed by atoms with Crippen molar-refractivity contribution in [3.8, 4) is 5.75 Å². The summed E-state index contributed by atoms with van der Waals surface area (Å²) in [5, 5.41) is 8.78. The Morgan fingerprint density at radius 2 is 2.00 bits per heavy atom. The third-order valence-corrected chi connectivity index (χ3v) is 3.10. The Kier molecular flexibility index (Phi) is 5.12. The molecule has 1 unspecified atom stereocenters. The van der Waals surface area contributed by atoms with Crippen molar-refractivity contribution in [3.05, 3.63) is 58.9 Å². The number of carboxylic acids is 1. The predicted molar refractivity (Wildman–Crippen MR) is 82.8 cm³/mol. The molecule has 4 nitrogen and oxygen atoms in total. The van der Waals surface area contributed by atoms with E-state index in [0.717, 1.165) is 5.56 Å². The molecule has 0 amide bonds. The highest BCUT2D eigenvalue weighted by Gasteiger charge is 2.11. The van der Waals surface area contributed by atoms with Crippen LogP contribution in [0.15, 0.2) is 47.5 Å². The standard InChI is InChI=1S/C16H13ClFNO3/c1-10(16(20)21)22-13-5-2-11(3-6-13)9-19-12-4-7-15(18)14(17)8-12/h2-10H,1H3,(H,20,21). The van der Waals surface area contributed by atoms with Gasteiger partial charge >= 0.3 is 5.97 Å². The van der Waals surface area contributed by atoms with Gasteiger partial charge in [-0.1, -0.05) is 11.6 Å². The maximum absolute atomic E-state index is 13.0. The molecule has 0 saturated heterocycles. The first-order valence-corrected chi connectivity index (χ1v) is 6.82. The number of hydrogen-bond donors (Lipinski definition) is 1. The minimum atomic E-state index is -1.03.